The highest BCUT2D eigenvalue weighted by Gasteiger charge is 2.44. The smallest absolute Gasteiger partial charge is 0.252 e. The average molecular weight is 564 g/mol. The summed E-state index contributed by atoms with van der Waals surface area (Å²) in [7, 11) is 1.44. The standard InChI is InChI=1S/C28H33F4N5O3/c1-28(2,39-3)24(36(16-20(33)14-29)27(38)23-8-5-11-40-23)26-34-25(21-13-19(31)9-10-22(21)32)35-37(26)15-17-6-4-7-18(30)12-17/h4,6-7,9-10,12-13,20,23-24H,5,8,11,14-16,33H2,1-3H3/t20-,23+,24+/m1/s1. The molecular formula is C28H33F4N5O3. The number of methoxy groups -OCH3 is 1. The van der Waals surface area contributed by atoms with Crippen molar-refractivity contribution in [3.05, 3.63) is 71.3 Å². The van der Waals surface area contributed by atoms with E-state index < -0.39 is 53.8 Å². The van der Waals surface area contributed by atoms with Crippen LogP contribution in [0.5, 0.6) is 0 Å². The Labute approximate surface area is 230 Å². The average Bonchev–Trinajstić information content (AvgIpc) is 3.60. The van der Waals surface area contributed by atoms with Gasteiger partial charge >= 0.3 is 0 Å². The Balaban J connectivity index is 1.92. The first-order valence-corrected chi connectivity index (χ1v) is 13.0. The summed E-state index contributed by atoms with van der Waals surface area (Å²) < 4.78 is 69.5. The van der Waals surface area contributed by atoms with E-state index >= 15 is 0 Å². The maximum Gasteiger partial charge on any atom is 0.252 e. The van der Waals surface area contributed by atoms with Crippen LogP contribution in [0.2, 0.25) is 0 Å². The van der Waals surface area contributed by atoms with Gasteiger partial charge in [-0.1, -0.05) is 12.1 Å². The zero-order valence-corrected chi connectivity index (χ0v) is 22.6. The summed E-state index contributed by atoms with van der Waals surface area (Å²) in [4.78, 5) is 19.8. The third-order valence-corrected chi connectivity index (χ3v) is 6.95. The molecule has 0 unspecified atom stereocenters. The largest absolute Gasteiger partial charge is 0.376 e. The molecule has 4 rings (SSSR count). The van der Waals surface area contributed by atoms with Crippen LogP contribution < -0.4 is 5.73 Å². The quantitative estimate of drug-likeness (QED) is 0.352. The second kappa shape index (κ2) is 12.4. The lowest BCUT2D eigenvalue weighted by Crippen LogP contribution is -2.54. The van der Waals surface area contributed by atoms with Crippen LogP contribution in [0.25, 0.3) is 11.4 Å². The zero-order valence-electron chi connectivity index (χ0n) is 22.6. The van der Waals surface area contributed by atoms with Gasteiger partial charge in [-0.25, -0.2) is 27.2 Å². The minimum atomic E-state index is -1.16. The molecule has 3 atom stereocenters. The molecule has 1 fully saturated rings. The van der Waals surface area contributed by atoms with Gasteiger partial charge in [-0.3, -0.25) is 4.79 Å². The predicted molar refractivity (Wildman–Crippen MR) is 139 cm³/mol. The maximum atomic E-state index is 14.8. The van der Waals surface area contributed by atoms with Crippen molar-refractivity contribution < 1.29 is 31.8 Å². The Hall–Kier alpha value is -3.35. The van der Waals surface area contributed by atoms with Crippen molar-refractivity contribution in [3.63, 3.8) is 0 Å². The molecule has 2 heterocycles. The first kappa shape index (κ1) is 29.6. The van der Waals surface area contributed by atoms with Gasteiger partial charge in [0.1, 0.15) is 36.3 Å². The van der Waals surface area contributed by atoms with Gasteiger partial charge in [0.05, 0.1) is 23.8 Å². The van der Waals surface area contributed by atoms with Gasteiger partial charge in [-0.05, 0) is 62.6 Å². The normalized spacial score (nSPS) is 17.1. The number of ether oxygens (including phenoxy) is 2. The number of hydrogen-bond donors (Lipinski definition) is 1. The van der Waals surface area contributed by atoms with E-state index in [1.54, 1.807) is 19.9 Å². The number of benzene rings is 2. The maximum absolute atomic E-state index is 14.8. The SMILES string of the molecule is COC(C)(C)[C@H](c1nc(-c2cc(F)ccc2F)nn1Cc1cccc(F)c1)N(C[C@H](N)CF)C(=O)[C@@H]1CCCO1. The van der Waals surface area contributed by atoms with Gasteiger partial charge in [0.15, 0.2) is 11.6 Å². The molecule has 216 valence electrons. The molecule has 0 spiro atoms. The van der Waals surface area contributed by atoms with Crippen molar-refractivity contribution in [2.24, 2.45) is 5.73 Å². The van der Waals surface area contributed by atoms with E-state index in [1.165, 1.54) is 34.9 Å². The fraction of sp³-hybridized carbons (Fsp3) is 0.464. The lowest BCUT2D eigenvalue weighted by Gasteiger charge is -2.42. The Morgan fingerprint density at radius 3 is 2.62 bits per heavy atom. The van der Waals surface area contributed by atoms with E-state index in [0.717, 1.165) is 18.2 Å². The summed E-state index contributed by atoms with van der Waals surface area (Å²) in [5, 5.41) is 4.46. The van der Waals surface area contributed by atoms with Crippen LogP contribution in [0.1, 0.15) is 44.1 Å². The molecule has 0 saturated carbocycles. The second-order valence-electron chi connectivity index (χ2n) is 10.3. The molecule has 0 aliphatic carbocycles. The van der Waals surface area contributed by atoms with Crippen molar-refractivity contribution in [2.75, 3.05) is 26.9 Å². The van der Waals surface area contributed by atoms with Gasteiger partial charge in [-0.2, -0.15) is 5.10 Å². The van der Waals surface area contributed by atoms with Gasteiger partial charge in [0.2, 0.25) is 0 Å². The molecule has 40 heavy (non-hydrogen) atoms. The molecule has 1 aliphatic rings. The number of halogens is 4. The zero-order chi connectivity index (χ0) is 29.0. The molecule has 2 N–H and O–H groups in total. The van der Waals surface area contributed by atoms with Crippen LogP contribution in [-0.2, 0) is 20.8 Å². The van der Waals surface area contributed by atoms with Gasteiger partial charge in [0, 0.05) is 20.3 Å². The van der Waals surface area contributed by atoms with Crippen LogP contribution in [-0.4, -0.2) is 70.3 Å². The van der Waals surface area contributed by atoms with Crippen molar-refractivity contribution in [1.82, 2.24) is 19.7 Å². The number of rotatable bonds is 11. The molecule has 0 bridgehead atoms. The molecule has 0 radical (unpaired) electrons. The van der Waals surface area contributed by atoms with Gasteiger partial charge in [-0.15, -0.1) is 0 Å². The highest BCUT2D eigenvalue weighted by Crippen LogP contribution is 2.36. The van der Waals surface area contributed by atoms with Crippen molar-refractivity contribution in [3.8, 4) is 11.4 Å². The molecule has 2 aromatic carbocycles. The number of nitrogens with two attached hydrogens (primary N) is 1. The number of carbonyl (C=O) groups is 1. The second-order valence-corrected chi connectivity index (χ2v) is 10.3. The third-order valence-electron chi connectivity index (χ3n) is 6.95. The number of carbonyl (C=O) groups excluding carboxylic acids is 1. The molecule has 1 saturated heterocycles. The summed E-state index contributed by atoms with van der Waals surface area (Å²) in [6.07, 6.45) is 0.369. The van der Waals surface area contributed by atoms with Gasteiger partial charge < -0.3 is 20.1 Å². The lowest BCUT2D eigenvalue weighted by atomic mass is 9.94. The summed E-state index contributed by atoms with van der Waals surface area (Å²) in [5.41, 5.74) is 5.14. The number of hydrogen-bond acceptors (Lipinski definition) is 6. The van der Waals surface area contributed by atoms with Crippen LogP contribution in [0.15, 0.2) is 42.5 Å². The van der Waals surface area contributed by atoms with Crippen molar-refractivity contribution in [1.29, 1.82) is 0 Å². The highest BCUT2D eigenvalue weighted by atomic mass is 19.1. The Morgan fingerprint density at radius 1 is 1.23 bits per heavy atom. The summed E-state index contributed by atoms with van der Waals surface area (Å²) in [6.45, 7) is 2.69. The summed E-state index contributed by atoms with van der Waals surface area (Å²) in [5.74, 6) is -2.39. The van der Waals surface area contributed by atoms with E-state index in [4.69, 9.17) is 15.2 Å². The first-order valence-electron chi connectivity index (χ1n) is 13.0. The van der Waals surface area contributed by atoms with E-state index in [0.29, 0.717) is 25.0 Å². The number of aromatic nitrogens is 3. The van der Waals surface area contributed by atoms with Gasteiger partial charge in [0.25, 0.3) is 5.91 Å². The topological polar surface area (TPSA) is 95.5 Å². The Kier molecular flexibility index (Phi) is 9.22. The number of nitrogens with zero attached hydrogens (tertiary/aromatic N) is 4. The third kappa shape index (κ3) is 6.51. The molecular weight excluding hydrogens is 530 g/mol. The monoisotopic (exact) mass is 563 g/mol. The number of alkyl halides is 1. The molecule has 3 aromatic rings. The van der Waals surface area contributed by atoms with Crippen LogP contribution >= 0.6 is 0 Å². The van der Waals surface area contributed by atoms with Crippen molar-refractivity contribution >= 4 is 5.91 Å². The molecule has 1 aliphatic heterocycles. The Morgan fingerprint density at radius 2 is 1.98 bits per heavy atom. The molecule has 8 nitrogen and oxygen atoms in total. The molecule has 1 amide bonds. The molecule has 12 heteroatoms. The van der Waals surface area contributed by atoms with Crippen LogP contribution in [0.3, 0.4) is 0 Å². The fourth-order valence-corrected chi connectivity index (χ4v) is 4.78. The summed E-state index contributed by atoms with van der Waals surface area (Å²) >= 11 is 0. The molecule has 1 aromatic heterocycles. The first-order chi connectivity index (χ1) is 19.0. The van der Waals surface area contributed by atoms with Crippen LogP contribution in [0, 0.1) is 17.5 Å². The van der Waals surface area contributed by atoms with Crippen LogP contribution in [0.4, 0.5) is 17.6 Å². The number of amides is 1. The van der Waals surface area contributed by atoms with E-state index in [2.05, 4.69) is 10.1 Å². The van der Waals surface area contributed by atoms with Crippen molar-refractivity contribution in [2.45, 2.75) is 57.0 Å². The summed E-state index contributed by atoms with van der Waals surface area (Å²) in [6, 6.07) is 6.63. The van der Waals surface area contributed by atoms with E-state index in [-0.39, 0.29) is 30.3 Å². The minimum Gasteiger partial charge on any atom is -0.376 e. The van der Waals surface area contributed by atoms with E-state index in [9.17, 15) is 22.4 Å². The Bertz CT molecular complexity index is 1330. The van der Waals surface area contributed by atoms with E-state index in [1.807, 2.05) is 0 Å². The predicted octanol–water partition coefficient (Wildman–Crippen LogP) is 4.18. The highest BCUT2D eigenvalue weighted by molar-refractivity contribution is 5.82. The lowest BCUT2D eigenvalue weighted by molar-refractivity contribution is -0.152. The minimum absolute atomic E-state index is 0.0234. The fourth-order valence-electron chi connectivity index (χ4n) is 4.78.